The van der Waals surface area contributed by atoms with Crippen LogP contribution in [0.2, 0.25) is 0 Å². The summed E-state index contributed by atoms with van der Waals surface area (Å²) in [5.41, 5.74) is 2.72. The largest absolute Gasteiger partial charge is 0.326 e. The third-order valence-corrected chi connectivity index (χ3v) is 3.48. The average Bonchev–Trinajstić information content (AvgIpc) is 2.56. The molecule has 1 heterocycles. The van der Waals surface area contributed by atoms with Gasteiger partial charge in [-0.2, -0.15) is 0 Å². The third kappa shape index (κ3) is 4.92. The number of amides is 2. The van der Waals surface area contributed by atoms with Gasteiger partial charge in [-0.1, -0.05) is 26.0 Å². The number of anilines is 2. The zero-order chi connectivity index (χ0) is 16.7. The number of nitrogens with zero attached hydrogens (tertiary/aromatic N) is 1. The third-order valence-electron chi connectivity index (χ3n) is 3.48. The van der Waals surface area contributed by atoms with E-state index in [1.165, 1.54) is 0 Å². The molecule has 0 spiro atoms. The van der Waals surface area contributed by atoms with Gasteiger partial charge in [0.05, 0.1) is 6.42 Å². The summed E-state index contributed by atoms with van der Waals surface area (Å²) in [4.78, 5) is 27.8. The van der Waals surface area contributed by atoms with Crippen LogP contribution in [0.5, 0.6) is 0 Å². The summed E-state index contributed by atoms with van der Waals surface area (Å²) in [6, 6.07) is 11.0. The topological polar surface area (TPSA) is 71.1 Å². The molecule has 0 saturated heterocycles. The molecule has 0 aliphatic carbocycles. The van der Waals surface area contributed by atoms with Gasteiger partial charge in [-0.25, -0.2) is 4.98 Å². The van der Waals surface area contributed by atoms with Crippen molar-refractivity contribution in [3.8, 4) is 0 Å². The second-order valence-corrected chi connectivity index (χ2v) is 5.18. The zero-order valence-corrected chi connectivity index (χ0v) is 13.4. The fourth-order valence-electron chi connectivity index (χ4n) is 2.26. The first-order chi connectivity index (χ1) is 11.1. The van der Waals surface area contributed by atoms with Gasteiger partial charge in [0.1, 0.15) is 5.82 Å². The standard InChI is InChI=1S/C18H21N3O2/c1-3-13-8-9-15(20-17(22)4-2)11-14(13)12-18(23)21-16-7-5-6-10-19-16/h5-11H,3-4,12H2,1-2H3,(H,20,22)(H,19,21,23). The fraction of sp³-hybridized carbons (Fsp3) is 0.278. The highest BCUT2D eigenvalue weighted by molar-refractivity contribution is 5.93. The van der Waals surface area contributed by atoms with E-state index in [9.17, 15) is 9.59 Å². The number of rotatable bonds is 6. The molecule has 0 aliphatic heterocycles. The lowest BCUT2D eigenvalue weighted by Gasteiger charge is -2.11. The van der Waals surface area contributed by atoms with Crippen molar-refractivity contribution in [2.75, 3.05) is 10.6 Å². The van der Waals surface area contributed by atoms with Crippen LogP contribution >= 0.6 is 0 Å². The average molecular weight is 311 g/mol. The van der Waals surface area contributed by atoms with Crippen LogP contribution in [0.1, 0.15) is 31.4 Å². The molecule has 5 nitrogen and oxygen atoms in total. The second-order valence-electron chi connectivity index (χ2n) is 5.18. The number of pyridine rings is 1. The summed E-state index contributed by atoms with van der Waals surface area (Å²) in [7, 11) is 0. The minimum Gasteiger partial charge on any atom is -0.326 e. The maximum absolute atomic E-state index is 12.2. The minimum atomic E-state index is -0.127. The Morgan fingerprint density at radius 2 is 1.83 bits per heavy atom. The molecule has 1 aromatic heterocycles. The Balaban J connectivity index is 2.11. The zero-order valence-electron chi connectivity index (χ0n) is 13.4. The number of nitrogens with one attached hydrogen (secondary N) is 2. The van der Waals surface area contributed by atoms with Gasteiger partial charge < -0.3 is 10.6 Å². The Labute approximate surface area is 136 Å². The van der Waals surface area contributed by atoms with Crippen molar-refractivity contribution in [3.63, 3.8) is 0 Å². The minimum absolute atomic E-state index is 0.0434. The van der Waals surface area contributed by atoms with Gasteiger partial charge in [0.2, 0.25) is 11.8 Å². The number of hydrogen-bond donors (Lipinski definition) is 2. The summed E-state index contributed by atoms with van der Waals surface area (Å²) in [6.45, 7) is 3.84. The summed E-state index contributed by atoms with van der Waals surface area (Å²) in [5.74, 6) is 0.362. The van der Waals surface area contributed by atoms with Crippen molar-refractivity contribution in [2.24, 2.45) is 0 Å². The maximum atomic E-state index is 12.2. The Kier molecular flexibility index (Phi) is 5.86. The first-order valence-corrected chi connectivity index (χ1v) is 7.75. The Bertz CT molecular complexity index is 684. The molecule has 2 N–H and O–H groups in total. The molecule has 23 heavy (non-hydrogen) atoms. The molecule has 2 rings (SSSR count). The highest BCUT2D eigenvalue weighted by Gasteiger charge is 2.10. The molecule has 0 aliphatic rings. The molecule has 5 heteroatoms. The van der Waals surface area contributed by atoms with Gasteiger partial charge in [-0.15, -0.1) is 0 Å². The molecule has 0 fully saturated rings. The Morgan fingerprint density at radius 1 is 1.00 bits per heavy atom. The van der Waals surface area contributed by atoms with E-state index in [2.05, 4.69) is 15.6 Å². The normalized spacial score (nSPS) is 10.2. The second kappa shape index (κ2) is 8.08. The van der Waals surface area contributed by atoms with Crippen molar-refractivity contribution in [2.45, 2.75) is 33.1 Å². The van der Waals surface area contributed by atoms with Crippen LogP contribution in [0.15, 0.2) is 42.6 Å². The molecule has 0 saturated carbocycles. The van der Waals surface area contributed by atoms with Crippen molar-refractivity contribution in [1.82, 2.24) is 4.98 Å². The van der Waals surface area contributed by atoms with Crippen LogP contribution in [-0.4, -0.2) is 16.8 Å². The van der Waals surface area contributed by atoms with Gasteiger partial charge in [-0.3, -0.25) is 9.59 Å². The molecule has 0 radical (unpaired) electrons. The molecule has 2 amide bonds. The Hall–Kier alpha value is -2.69. The van der Waals surface area contributed by atoms with Crippen molar-refractivity contribution >= 4 is 23.3 Å². The summed E-state index contributed by atoms with van der Waals surface area (Å²) >= 11 is 0. The van der Waals surface area contributed by atoms with Crippen LogP contribution in [-0.2, 0) is 22.4 Å². The van der Waals surface area contributed by atoms with E-state index in [-0.39, 0.29) is 18.2 Å². The highest BCUT2D eigenvalue weighted by Crippen LogP contribution is 2.18. The van der Waals surface area contributed by atoms with Gasteiger partial charge >= 0.3 is 0 Å². The lowest BCUT2D eigenvalue weighted by Crippen LogP contribution is -2.16. The molecule has 0 atom stereocenters. The predicted molar refractivity (Wildman–Crippen MR) is 91.3 cm³/mol. The monoisotopic (exact) mass is 311 g/mol. The predicted octanol–water partition coefficient (Wildman–Crippen LogP) is 3.17. The maximum Gasteiger partial charge on any atom is 0.229 e. The lowest BCUT2D eigenvalue weighted by molar-refractivity contribution is -0.116. The van der Waals surface area contributed by atoms with Gasteiger partial charge in [-0.05, 0) is 41.8 Å². The first kappa shape index (κ1) is 16.7. The summed E-state index contributed by atoms with van der Waals surface area (Å²) in [6.07, 6.45) is 3.13. The SMILES string of the molecule is CCC(=O)Nc1ccc(CC)c(CC(=O)Nc2ccccn2)c1. The van der Waals surface area contributed by atoms with E-state index in [0.29, 0.717) is 12.2 Å². The van der Waals surface area contributed by atoms with Crippen LogP contribution in [0, 0.1) is 0 Å². The molecule has 2 aromatic rings. The van der Waals surface area contributed by atoms with Crippen molar-refractivity contribution in [1.29, 1.82) is 0 Å². The van der Waals surface area contributed by atoms with Gasteiger partial charge in [0.15, 0.2) is 0 Å². The van der Waals surface area contributed by atoms with E-state index in [1.807, 2.05) is 31.2 Å². The molecule has 0 unspecified atom stereocenters. The molecule has 0 bridgehead atoms. The van der Waals surface area contributed by atoms with Crippen LogP contribution in [0.4, 0.5) is 11.5 Å². The lowest BCUT2D eigenvalue weighted by atomic mass is 10.0. The van der Waals surface area contributed by atoms with Crippen LogP contribution in [0.3, 0.4) is 0 Å². The quantitative estimate of drug-likeness (QED) is 0.860. The van der Waals surface area contributed by atoms with Crippen LogP contribution < -0.4 is 10.6 Å². The van der Waals surface area contributed by atoms with Crippen LogP contribution in [0.25, 0.3) is 0 Å². The van der Waals surface area contributed by atoms with Gasteiger partial charge in [0.25, 0.3) is 0 Å². The number of hydrogen-bond acceptors (Lipinski definition) is 3. The molecular weight excluding hydrogens is 290 g/mol. The molecule has 120 valence electrons. The van der Waals surface area contributed by atoms with Crippen molar-refractivity contribution in [3.05, 3.63) is 53.7 Å². The van der Waals surface area contributed by atoms with E-state index >= 15 is 0 Å². The Morgan fingerprint density at radius 3 is 2.48 bits per heavy atom. The smallest absolute Gasteiger partial charge is 0.229 e. The number of benzene rings is 1. The number of carbonyl (C=O) groups is 2. The summed E-state index contributed by atoms with van der Waals surface area (Å²) in [5, 5.41) is 5.60. The first-order valence-electron chi connectivity index (χ1n) is 7.75. The number of aromatic nitrogens is 1. The number of aryl methyl sites for hydroxylation is 1. The van der Waals surface area contributed by atoms with Gasteiger partial charge in [0, 0.05) is 18.3 Å². The summed E-state index contributed by atoms with van der Waals surface area (Å²) < 4.78 is 0. The van der Waals surface area contributed by atoms with E-state index < -0.39 is 0 Å². The number of carbonyl (C=O) groups excluding carboxylic acids is 2. The molecule has 1 aromatic carbocycles. The highest BCUT2D eigenvalue weighted by atomic mass is 16.2. The van der Waals surface area contributed by atoms with E-state index in [4.69, 9.17) is 0 Å². The van der Waals surface area contributed by atoms with E-state index in [0.717, 1.165) is 23.2 Å². The fourth-order valence-corrected chi connectivity index (χ4v) is 2.26. The van der Waals surface area contributed by atoms with E-state index in [1.54, 1.807) is 25.3 Å². The molecular formula is C18H21N3O2. The van der Waals surface area contributed by atoms with Crippen molar-refractivity contribution < 1.29 is 9.59 Å².